The molecule has 0 aliphatic carbocycles. The minimum Gasteiger partial charge on any atom is -0.462 e. The highest BCUT2D eigenvalue weighted by atomic mass is 16.6. The maximum Gasteiger partial charge on any atom is 0.306 e. The van der Waals surface area contributed by atoms with Crippen molar-refractivity contribution in [1.82, 2.24) is 0 Å². The van der Waals surface area contributed by atoms with E-state index in [4.69, 9.17) is 14.2 Å². The van der Waals surface area contributed by atoms with Crippen molar-refractivity contribution in [2.75, 3.05) is 13.2 Å². The average molecular weight is 1070 g/mol. The monoisotopic (exact) mass is 1070 g/mol. The molecule has 1 atom stereocenters. The van der Waals surface area contributed by atoms with Gasteiger partial charge >= 0.3 is 17.9 Å². The molecule has 1 unspecified atom stereocenters. The Morgan fingerprint density at radius 2 is 0.506 bits per heavy atom. The molecule has 0 amide bonds. The minimum atomic E-state index is -0.804. The molecule has 0 spiro atoms. The molecule has 0 aromatic carbocycles. The molecule has 6 nitrogen and oxygen atoms in total. The van der Waals surface area contributed by atoms with Crippen LogP contribution in [0.3, 0.4) is 0 Å². The highest BCUT2D eigenvalue weighted by Crippen LogP contribution is 2.15. The number of hydrogen-bond acceptors (Lipinski definition) is 6. The summed E-state index contributed by atoms with van der Waals surface area (Å²) in [6.07, 6.45) is 89.1. The molecule has 0 fully saturated rings. The van der Waals surface area contributed by atoms with E-state index in [0.29, 0.717) is 19.3 Å². The number of hydrogen-bond donors (Lipinski definition) is 0. The lowest BCUT2D eigenvalue weighted by Gasteiger charge is -2.18. The Balaban J connectivity index is 4.47. The first kappa shape index (κ1) is 72.8. The fourth-order valence-corrected chi connectivity index (χ4v) is 8.62. The van der Waals surface area contributed by atoms with Gasteiger partial charge in [-0.1, -0.05) is 258 Å². The number of esters is 3. The Kier molecular flexibility index (Phi) is 60.8. The number of rotatable bonds is 57. The molecule has 0 aliphatic heterocycles. The fraction of sp³-hybridized carbons (Fsp3) is 0.676. The second-order valence-electron chi connectivity index (χ2n) is 20.9. The van der Waals surface area contributed by atoms with Gasteiger partial charge in [-0.05, 0) is 135 Å². The van der Waals surface area contributed by atoms with Crippen molar-refractivity contribution in [2.45, 2.75) is 297 Å². The van der Waals surface area contributed by atoms with Gasteiger partial charge in [0, 0.05) is 19.3 Å². The van der Waals surface area contributed by atoms with Crippen LogP contribution in [-0.2, 0) is 28.6 Å². The second-order valence-corrected chi connectivity index (χ2v) is 20.9. The summed E-state index contributed by atoms with van der Waals surface area (Å²) in [7, 11) is 0. The summed E-state index contributed by atoms with van der Waals surface area (Å²) >= 11 is 0. The smallest absolute Gasteiger partial charge is 0.306 e. The third-order valence-corrected chi connectivity index (χ3v) is 13.4. The van der Waals surface area contributed by atoms with Crippen LogP contribution in [0.25, 0.3) is 0 Å². The summed E-state index contributed by atoms with van der Waals surface area (Å²) < 4.78 is 16.9. The van der Waals surface area contributed by atoms with Crippen molar-refractivity contribution in [3.05, 3.63) is 122 Å². The number of ether oxygens (including phenoxy) is 3. The van der Waals surface area contributed by atoms with E-state index in [9.17, 15) is 14.4 Å². The van der Waals surface area contributed by atoms with Gasteiger partial charge < -0.3 is 14.2 Å². The maximum atomic E-state index is 12.9. The molecule has 0 aromatic rings. The number of carbonyl (C=O) groups is 3. The molecular formula is C71H118O6. The summed E-state index contributed by atoms with van der Waals surface area (Å²) in [6.45, 7) is 6.48. The Morgan fingerprint density at radius 1 is 0.273 bits per heavy atom. The Morgan fingerprint density at radius 3 is 0.831 bits per heavy atom. The van der Waals surface area contributed by atoms with E-state index in [1.807, 2.05) is 0 Å². The number of carbonyl (C=O) groups excluding carboxylic acids is 3. The summed E-state index contributed by atoms with van der Waals surface area (Å²) in [5.74, 6) is -0.943. The van der Waals surface area contributed by atoms with Crippen LogP contribution in [0, 0.1) is 0 Å². The van der Waals surface area contributed by atoms with Crippen molar-refractivity contribution in [3.8, 4) is 0 Å². The van der Waals surface area contributed by atoms with E-state index in [-0.39, 0.29) is 31.1 Å². The Bertz CT molecular complexity index is 1600. The van der Waals surface area contributed by atoms with Crippen LogP contribution in [0.4, 0.5) is 0 Å². The fourth-order valence-electron chi connectivity index (χ4n) is 8.62. The molecule has 0 rings (SSSR count). The quantitative estimate of drug-likeness (QED) is 0.0261. The molecule has 77 heavy (non-hydrogen) atoms. The van der Waals surface area contributed by atoms with Gasteiger partial charge in [0.1, 0.15) is 13.2 Å². The second kappa shape index (κ2) is 64.3. The van der Waals surface area contributed by atoms with Crippen molar-refractivity contribution in [1.29, 1.82) is 0 Å². The molecular weight excluding hydrogens is 949 g/mol. The Labute approximate surface area is 475 Å². The summed E-state index contributed by atoms with van der Waals surface area (Å²) in [5, 5.41) is 0. The lowest BCUT2D eigenvalue weighted by molar-refractivity contribution is -0.167. The van der Waals surface area contributed by atoms with Gasteiger partial charge in [0.25, 0.3) is 0 Å². The molecule has 0 aliphatic rings. The van der Waals surface area contributed by atoms with Crippen LogP contribution >= 0.6 is 0 Å². The van der Waals surface area contributed by atoms with Gasteiger partial charge in [0.05, 0.1) is 0 Å². The molecule has 0 saturated heterocycles. The zero-order valence-electron chi connectivity index (χ0n) is 50.2. The zero-order valence-corrected chi connectivity index (χ0v) is 50.2. The minimum absolute atomic E-state index is 0.0982. The molecule has 0 N–H and O–H groups in total. The van der Waals surface area contributed by atoms with E-state index in [0.717, 1.165) is 128 Å². The van der Waals surface area contributed by atoms with Crippen molar-refractivity contribution in [3.63, 3.8) is 0 Å². The molecule has 438 valence electrons. The Hall–Kier alpha value is -4.19. The lowest BCUT2D eigenvalue weighted by atomic mass is 10.1. The van der Waals surface area contributed by atoms with E-state index in [1.165, 1.54) is 122 Å². The summed E-state index contributed by atoms with van der Waals surface area (Å²) in [5.41, 5.74) is 0. The van der Waals surface area contributed by atoms with E-state index >= 15 is 0 Å². The third-order valence-electron chi connectivity index (χ3n) is 13.4. The highest BCUT2D eigenvalue weighted by molar-refractivity contribution is 5.71. The standard InChI is InChI=1S/C71H118O6/c1-4-7-10-13-16-19-22-25-28-31-33-34-35-36-37-38-39-41-43-46-49-52-55-58-61-64-70(73)76-67-68(66-75-69(72)63-60-57-54-51-48-45-42-30-27-24-21-18-15-12-9-6-3)77-71(74)65-62-59-56-53-50-47-44-40-32-29-26-23-20-17-14-11-8-5-2/h7,10,16,19-20,23,25,28-30,32-34,36-37,39,41-42,46,49,68H,4-6,8-9,11-15,17-18,21-22,24,26-27,31,35,38,40,43-45,47-48,50-67H2,1-3H3/b10-7-,19-16-,23-20-,28-25-,32-29-,34-33-,37-36-,41-39-,42-30-,49-46-. The average Bonchev–Trinajstić information content (AvgIpc) is 3.43. The van der Waals surface area contributed by atoms with Crippen LogP contribution in [0.15, 0.2) is 122 Å². The van der Waals surface area contributed by atoms with Gasteiger partial charge in [0.15, 0.2) is 6.10 Å². The highest BCUT2D eigenvalue weighted by Gasteiger charge is 2.19. The first-order chi connectivity index (χ1) is 38.0. The molecule has 0 aromatic heterocycles. The largest absolute Gasteiger partial charge is 0.462 e. The summed E-state index contributed by atoms with van der Waals surface area (Å²) in [4.78, 5) is 38.3. The number of unbranched alkanes of at least 4 members (excludes halogenated alkanes) is 26. The SMILES string of the molecule is CC/C=C\C/C=C\C/C=C\C/C=C\C/C=C\C/C=C\C/C=C\CCCCCC(=O)OCC(COC(=O)CCCCCCC/C=C\CCCCCCCCC)OC(=O)CCCCCCCCC/C=C\C/C=C\CCCCCC. The molecule has 0 saturated carbocycles. The van der Waals surface area contributed by atoms with Crippen molar-refractivity contribution >= 4 is 17.9 Å². The van der Waals surface area contributed by atoms with Crippen molar-refractivity contribution in [2.24, 2.45) is 0 Å². The van der Waals surface area contributed by atoms with E-state index < -0.39 is 6.10 Å². The van der Waals surface area contributed by atoms with Crippen molar-refractivity contribution < 1.29 is 28.6 Å². The van der Waals surface area contributed by atoms with Gasteiger partial charge in [-0.25, -0.2) is 0 Å². The van der Waals surface area contributed by atoms with Gasteiger partial charge in [0.2, 0.25) is 0 Å². The first-order valence-electron chi connectivity index (χ1n) is 32.0. The number of allylic oxidation sites excluding steroid dienone is 20. The normalized spacial score (nSPS) is 12.9. The molecule has 0 heterocycles. The van der Waals surface area contributed by atoms with Crippen LogP contribution in [-0.4, -0.2) is 37.2 Å². The topological polar surface area (TPSA) is 78.9 Å². The predicted molar refractivity (Wildman–Crippen MR) is 334 cm³/mol. The molecule has 0 radical (unpaired) electrons. The van der Waals surface area contributed by atoms with Crippen LogP contribution in [0.1, 0.15) is 290 Å². The predicted octanol–water partition coefficient (Wildman–Crippen LogP) is 22.0. The molecule has 0 bridgehead atoms. The lowest BCUT2D eigenvalue weighted by Crippen LogP contribution is -2.30. The maximum absolute atomic E-state index is 12.9. The van der Waals surface area contributed by atoms with Crippen LogP contribution < -0.4 is 0 Å². The van der Waals surface area contributed by atoms with Gasteiger partial charge in [-0.15, -0.1) is 0 Å². The summed E-state index contributed by atoms with van der Waals surface area (Å²) in [6, 6.07) is 0. The molecule has 6 heteroatoms. The van der Waals surface area contributed by atoms with Crippen LogP contribution in [0.2, 0.25) is 0 Å². The van der Waals surface area contributed by atoms with Gasteiger partial charge in [-0.2, -0.15) is 0 Å². The third kappa shape index (κ3) is 62.5. The van der Waals surface area contributed by atoms with Gasteiger partial charge in [-0.3, -0.25) is 14.4 Å². The zero-order chi connectivity index (χ0) is 55.7. The first-order valence-corrected chi connectivity index (χ1v) is 32.0. The van der Waals surface area contributed by atoms with E-state index in [1.54, 1.807) is 0 Å². The van der Waals surface area contributed by atoms with E-state index in [2.05, 4.69) is 142 Å². The van der Waals surface area contributed by atoms with Crippen LogP contribution in [0.5, 0.6) is 0 Å².